The zero-order chi connectivity index (χ0) is 18.1. The van der Waals surface area contributed by atoms with Crippen molar-refractivity contribution in [3.8, 4) is 0 Å². The van der Waals surface area contributed by atoms with E-state index in [9.17, 15) is 14.0 Å². The van der Waals surface area contributed by atoms with Crippen molar-refractivity contribution in [2.45, 2.75) is 34.1 Å². The van der Waals surface area contributed by atoms with E-state index in [4.69, 9.17) is 5.73 Å². The number of nitrogens with two attached hydrogens (primary N) is 1. The standard InChI is InChI=1S/C18H26FN3O2/c1-17(2,3)16(24)21-12-5-6-14(19)13(9-12)15(23)22-8-7-18(4,10-20)11-22/h5-6,9H,7-8,10-11,20H2,1-4H3,(H,21,24). The zero-order valence-corrected chi connectivity index (χ0v) is 14.8. The Morgan fingerprint density at radius 3 is 2.58 bits per heavy atom. The Bertz CT molecular complexity index is 654. The maximum atomic E-state index is 14.1. The lowest BCUT2D eigenvalue weighted by Gasteiger charge is -2.23. The molecule has 1 heterocycles. The van der Waals surface area contributed by atoms with Crippen LogP contribution >= 0.6 is 0 Å². The Balaban J connectivity index is 2.20. The quantitative estimate of drug-likeness (QED) is 0.891. The molecule has 5 nitrogen and oxygen atoms in total. The monoisotopic (exact) mass is 335 g/mol. The van der Waals surface area contributed by atoms with Crippen molar-refractivity contribution < 1.29 is 14.0 Å². The van der Waals surface area contributed by atoms with Crippen LogP contribution in [0.3, 0.4) is 0 Å². The fraction of sp³-hybridized carbons (Fsp3) is 0.556. The smallest absolute Gasteiger partial charge is 0.256 e. The van der Waals surface area contributed by atoms with Crippen LogP contribution in [0.25, 0.3) is 0 Å². The third-order valence-corrected chi connectivity index (χ3v) is 4.47. The predicted molar refractivity (Wildman–Crippen MR) is 92.2 cm³/mol. The fourth-order valence-electron chi connectivity index (χ4n) is 2.62. The number of anilines is 1. The third kappa shape index (κ3) is 3.93. The number of hydrogen-bond donors (Lipinski definition) is 2. The summed E-state index contributed by atoms with van der Waals surface area (Å²) in [5, 5.41) is 2.73. The highest BCUT2D eigenvalue weighted by Gasteiger charge is 2.36. The number of hydrogen-bond acceptors (Lipinski definition) is 3. The fourth-order valence-corrected chi connectivity index (χ4v) is 2.62. The molecule has 0 aromatic heterocycles. The molecule has 1 unspecified atom stereocenters. The summed E-state index contributed by atoms with van der Waals surface area (Å²) in [6.07, 6.45) is 0.803. The number of carbonyl (C=O) groups is 2. The molecule has 2 amide bonds. The van der Waals surface area contributed by atoms with E-state index >= 15 is 0 Å². The first kappa shape index (κ1) is 18.4. The SMILES string of the molecule is CC1(CN)CCN(C(=O)c2cc(NC(=O)C(C)(C)C)ccc2F)C1. The summed E-state index contributed by atoms with van der Waals surface area (Å²) in [5.74, 6) is -1.14. The Morgan fingerprint density at radius 2 is 2.04 bits per heavy atom. The average Bonchev–Trinajstić information content (AvgIpc) is 2.91. The van der Waals surface area contributed by atoms with E-state index < -0.39 is 11.2 Å². The minimum atomic E-state index is -0.588. The lowest BCUT2D eigenvalue weighted by atomic mass is 9.90. The van der Waals surface area contributed by atoms with Gasteiger partial charge in [0.2, 0.25) is 5.91 Å². The van der Waals surface area contributed by atoms with Gasteiger partial charge in [0.1, 0.15) is 5.82 Å². The van der Waals surface area contributed by atoms with Crippen molar-refractivity contribution in [3.05, 3.63) is 29.6 Å². The molecular formula is C18H26FN3O2. The molecule has 1 aliphatic heterocycles. The van der Waals surface area contributed by atoms with Crippen molar-refractivity contribution in [1.29, 1.82) is 0 Å². The molecule has 132 valence electrons. The molecule has 6 heteroatoms. The van der Waals surface area contributed by atoms with Gasteiger partial charge in [-0.25, -0.2) is 4.39 Å². The van der Waals surface area contributed by atoms with Crippen LogP contribution in [0.2, 0.25) is 0 Å². The highest BCUT2D eigenvalue weighted by molar-refractivity contribution is 5.98. The number of rotatable bonds is 3. The van der Waals surface area contributed by atoms with Crippen molar-refractivity contribution in [2.24, 2.45) is 16.6 Å². The second-order valence-electron chi connectivity index (χ2n) is 7.89. The summed E-state index contributed by atoms with van der Waals surface area (Å²) < 4.78 is 14.1. The Hall–Kier alpha value is -1.95. The minimum Gasteiger partial charge on any atom is -0.338 e. The van der Waals surface area contributed by atoms with Gasteiger partial charge in [-0.15, -0.1) is 0 Å². The summed E-state index contributed by atoms with van der Waals surface area (Å²) in [4.78, 5) is 26.3. The molecule has 0 aliphatic carbocycles. The number of benzene rings is 1. The van der Waals surface area contributed by atoms with E-state index in [0.29, 0.717) is 25.3 Å². The lowest BCUT2D eigenvalue weighted by molar-refractivity contribution is -0.123. The summed E-state index contributed by atoms with van der Waals surface area (Å²) in [6.45, 7) is 8.95. The Morgan fingerprint density at radius 1 is 1.38 bits per heavy atom. The van der Waals surface area contributed by atoms with Gasteiger partial charge in [0.05, 0.1) is 5.56 Å². The van der Waals surface area contributed by atoms with E-state index in [2.05, 4.69) is 5.32 Å². The van der Waals surface area contributed by atoms with Crippen molar-refractivity contribution in [3.63, 3.8) is 0 Å². The first-order valence-electron chi connectivity index (χ1n) is 8.16. The molecule has 1 aromatic carbocycles. The number of carbonyl (C=O) groups excluding carboxylic acids is 2. The van der Waals surface area contributed by atoms with Crippen molar-refractivity contribution in [2.75, 3.05) is 25.0 Å². The van der Waals surface area contributed by atoms with Crippen LogP contribution in [-0.2, 0) is 4.79 Å². The maximum Gasteiger partial charge on any atom is 0.256 e. The van der Waals surface area contributed by atoms with E-state index in [1.165, 1.54) is 18.2 Å². The molecule has 0 radical (unpaired) electrons. The van der Waals surface area contributed by atoms with Crippen LogP contribution in [0.15, 0.2) is 18.2 Å². The predicted octanol–water partition coefficient (Wildman–Crippen LogP) is 2.62. The van der Waals surface area contributed by atoms with E-state index in [1.807, 2.05) is 6.92 Å². The van der Waals surface area contributed by atoms with Gasteiger partial charge in [-0.1, -0.05) is 27.7 Å². The summed E-state index contributed by atoms with van der Waals surface area (Å²) in [6, 6.07) is 4.08. The molecule has 3 N–H and O–H groups in total. The number of halogens is 1. The van der Waals surface area contributed by atoms with Gasteiger partial charge in [0.25, 0.3) is 5.91 Å². The highest BCUT2D eigenvalue weighted by Crippen LogP contribution is 2.30. The molecule has 1 fully saturated rings. The van der Waals surface area contributed by atoms with Crippen molar-refractivity contribution >= 4 is 17.5 Å². The van der Waals surface area contributed by atoms with E-state index in [1.54, 1.807) is 25.7 Å². The number of nitrogens with zero attached hydrogens (tertiary/aromatic N) is 1. The van der Waals surface area contributed by atoms with Gasteiger partial charge < -0.3 is 16.0 Å². The van der Waals surface area contributed by atoms with Crippen LogP contribution in [-0.4, -0.2) is 36.3 Å². The van der Waals surface area contributed by atoms with Gasteiger partial charge in [-0.3, -0.25) is 9.59 Å². The third-order valence-electron chi connectivity index (χ3n) is 4.47. The Kier molecular flexibility index (Phi) is 4.99. The first-order valence-corrected chi connectivity index (χ1v) is 8.16. The average molecular weight is 335 g/mol. The van der Waals surface area contributed by atoms with Crippen LogP contribution < -0.4 is 11.1 Å². The van der Waals surface area contributed by atoms with Gasteiger partial charge in [0, 0.05) is 24.2 Å². The molecule has 1 aromatic rings. The first-order chi connectivity index (χ1) is 11.1. The topological polar surface area (TPSA) is 75.4 Å². The van der Waals surface area contributed by atoms with E-state index in [-0.39, 0.29) is 22.8 Å². The van der Waals surface area contributed by atoms with Gasteiger partial charge in [-0.05, 0) is 36.6 Å². The van der Waals surface area contributed by atoms with Gasteiger partial charge in [-0.2, -0.15) is 0 Å². The maximum absolute atomic E-state index is 14.1. The lowest BCUT2D eigenvalue weighted by Crippen LogP contribution is -2.35. The number of likely N-dealkylation sites (tertiary alicyclic amines) is 1. The van der Waals surface area contributed by atoms with Crippen LogP contribution in [0, 0.1) is 16.6 Å². The number of nitrogens with one attached hydrogen (secondary N) is 1. The van der Waals surface area contributed by atoms with Crippen LogP contribution in [0.4, 0.5) is 10.1 Å². The van der Waals surface area contributed by atoms with Crippen LogP contribution in [0.1, 0.15) is 44.5 Å². The molecule has 1 saturated heterocycles. The Labute approximate surface area is 142 Å². The van der Waals surface area contributed by atoms with Crippen molar-refractivity contribution in [1.82, 2.24) is 4.90 Å². The van der Waals surface area contributed by atoms with Gasteiger partial charge in [0.15, 0.2) is 0 Å². The number of amides is 2. The molecule has 0 bridgehead atoms. The molecule has 24 heavy (non-hydrogen) atoms. The molecule has 1 atom stereocenters. The summed E-state index contributed by atoms with van der Waals surface area (Å²) in [5.41, 5.74) is 5.46. The zero-order valence-electron chi connectivity index (χ0n) is 14.8. The largest absolute Gasteiger partial charge is 0.338 e. The molecule has 1 aliphatic rings. The highest BCUT2D eigenvalue weighted by atomic mass is 19.1. The van der Waals surface area contributed by atoms with Gasteiger partial charge >= 0.3 is 0 Å². The van der Waals surface area contributed by atoms with Crippen LogP contribution in [0.5, 0.6) is 0 Å². The molecule has 0 spiro atoms. The molecule has 0 saturated carbocycles. The summed E-state index contributed by atoms with van der Waals surface area (Å²) in [7, 11) is 0. The van der Waals surface area contributed by atoms with E-state index in [0.717, 1.165) is 6.42 Å². The second-order valence-corrected chi connectivity index (χ2v) is 7.89. The summed E-state index contributed by atoms with van der Waals surface area (Å²) >= 11 is 0. The second kappa shape index (κ2) is 6.51. The molecule has 2 rings (SSSR count). The molecular weight excluding hydrogens is 309 g/mol. The normalized spacial score (nSPS) is 21.0. The minimum absolute atomic E-state index is 0.0250.